The van der Waals surface area contributed by atoms with E-state index >= 15 is 0 Å². The number of hydrogen-bond donors (Lipinski definition) is 0. The highest BCUT2D eigenvalue weighted by Crippen LogP contribution is 2.28. The van der Waals surface area contributed by atoms with Crippen molar-refractivity contribution in [3.63, 3.8) is 0 Å². The molecule has 2 saturated heterocycles. The van der Waals surface area contributed by atoms with E-state index in [1.54, 1.807) is 13.8 Å². The minimum Gasteiger partial charge on any atom is -0.360 e. The Kier molecular flexibility index (Phi) is 5.93. The highest BCUT2D eigenvalue weighted by molar-refractivity contribution is 7.89. The van der Waals surface area contributed by atoms with Gasteiger partial charge in [0.1, 0.15) is 10.6 Å². The monoisotopic (exact) mass is 398 g/mol. The van der Waals surface area contributed by atoms with E-state index in [2.05, 4.69) is 23.9 Å². The average Bonchev–Trinajstić information content (AvgIpc) is 3.00. The van der Waals surface area contributed by atoms with E-state index in [1.165, 1.54) is 4.31 Å². The number of amides is 1. The summed E-state index contributed by atoms with van der Waals surface area (Å²) in [7, 11) is -3.70. The Balaban J connectivity index is 1.68. The van der Waals surface area contributed by atoms with Gasteiger partial charge in [-0.3, -0.25) is 9.69 Å². The molecule has 0 saturated carbocycles. The van der Waals surface area contributed by atoms with Gasteiger partial charge in [0.25, 0.3) is 0 Å². The van der Waals surface area contributed by atoms with Gasteiger partial charge >= 0.3 is 0 Å². The maximum atomic E-state index is 13.0. The lowest BCUT2D eigenvalue weighted by Gasteiger charge is -2.40. The number of carbonyl (C=O) groups is 1. The minimum atomic E-state index is -3.70. The van der Waals surface area contributed by atoms with Crippen molar-refractivity contribution in [2.75, 3.05) is 39.3 Å². The highest BCUT2D eigenvalue weighted by Gasteiger charge is 2.38. The molecule has 27 heavy (non-hydrogen) atoms. The number of piperazine rings is 1. The number of aryl methyl sites for hydroxylation is 2. The fourth-order valence-corrected chi connectivity index (χ4v) is 5.87. The van der Waals surface area contributed by atoms with E-state index in [0.29, 0.717) is 43.6 Å². The topological polar surface area (TPSA) is 87.0 Å². The van der Waals surface area contributed by atoms with Crippen LogP contribution in [0.5, 0.6) is 0 Å². The quantitative estimate of drug-likeness (QED) is 0.759. The molecule has 1 aromatic heterocycles. The molecule has 3 heterocycles. The van der Waals surface area contributed by atoms with Gasteiger partial charge < -0.3 is 9.42 Å². The normalized spacial score (nSPS) is 23.1. The van der Waals surface area contributed by atoms with Gasteiger partial charge in [-0.15, -0.1) is 0 Å². The summed E-state index contributed by atoms with van der Waals surface area (Å²) in [6.07, 6.45) is 1.42. The van der Waals surface area contributed by atoms with Gasteiger partial charge in [0.05, 0.1) is 5.92 Å². The van der Waals surface area contributed by atoms with Crippen LogP contribution < -0.4 is 0 Å². The summed E-state index contributed by atoms with van der Waals surface area (Å²) >= 11 is 0. The Morgan fingerprint density at radius 2 is 1.81 bits per heavy atom. The third-order valence-corrected chi connectivity index (χ3v) is 7.77. The first-order chi connectivity index (χ1) is 12.7. The number of aromatic nitrogens is 1. The lowest BCUT2D eigenvalue weighted by Crippen LogP contribution is -2.54. The zero-order valence-electron chi connectivity index (χ0n) is 16.6. The molecular weight excluding hydrogens is 368 g/mol. The van der Waals surface area contributed by atoms with Crippen molar-refractivity contribution in [3.8, 4) is 0 Å². The summed E-state index contributed by atoms with van der Waals surface area (Å²) in [5.41, 5.74) is 0.366. The second-order valence-corrected chi connectivity index (χ2v) is 9.69. The van der Waals surface area contributed by atoms with Crippen LogP contribution in [0.3, 0.4) is 0 Å². The molecule has 0 radical (unpaired) electrons. The molecule has 1 amide bonds. The van der Waals surface area contributed by atoms with E-state index in [4.69, 9.17) is 4.52 Å². The summed E-state index contributed by atoms with van der Waals surface area (Å²) in [5.74, 6) is 0.0995. The average molecular weight is 399 g/mol. The van der Waals surface area contributed by atoms with E-state index in [0.717, 1.165) is 19.5 Å². The zero-order valence-corrected chi connectivity index (χ0v) is 17.5. The predicted octanol–water partition coefficient (Wildman–Crippen LogP) is 1.24. The van der Waals surface area contributed by atoms with Crippen LogP contribution in [0.25, 0.3) is 0 Å². The fourth-order valence-electron chi connectivity index (χ4n) is 4.05. The third-order valence-electron chi connectivity index (χ3n) is 5.66. The van der Waals surface area contributed by atoms with Crippen LogP contribution in [0.15, 0.2) is 9.42 Å². The number of hydrogen-bond acceptors (Lipinski definition) is 6. The number of nitrogens with zero attached hydrogens (tertiary/aromatic N) is 4. The molecule has 2 aliphatic heterocycles. The van der Waals surface area contributed by atoms with Crippen LogP contribution in [0, 0.1) is 19.8 Å². The number of carbonyl (C=O) groups excluding carboxylic acids is 1. The predicted molar refractivity (Wildman–Crippen MR) is 101 cm³/mol. The summed E-state index contributed by atoms with van der Waals surface area (Å²) in [5, 5.41) is 3.77. The van der Waals surface area contributed by atoms with E-state index < -0.39 is 10.0 Å². The van der Waals surface area contributed by atoms with Crippen LogP contribution in [0.2, 0.25) is 0 Å². The van der Waals surface area contributed by atoms with Gasteiger partial charge in [-0.05, 0) is 40.5 Å². The van der Waals surface area contributed by atoms with Crippen LogP contribution in [-0.2, 0) is 14.8 Å². The number of sulfonamides is 1. The lowest BCUT2D eigenvalue weighted by atomic mass is 9.97. The molecule has 1 unspecified atom stereocenters. The van der Waals surface area contributed by atoms with Gasteiger partial charge in [-0.1, -0.05) is 5.16 Å². The minimum absolute atomic E-state index is 0.0806. The Morgan fingerprint density at radius 3 is 2.37 bits per heavy atom. The summed E-state index contributed by atoms with van der Waals surface area (Å²) in [6.45, 7) is 11.4. The molecule has 0 bridgehead atoms. The Bertz CT molecular complexity index is 762. The Labute approximate surface area is 161 Å². The van der Waals surface area contributed by atoms with Crippen LogP contribution in [0.4, 0.5) is 0 Å². The first-order valence-corrected chi connectivity index (χ1v) is 11.1. The molecule has 8 nitrogen and oxygen atoms in total. The van der Waals surface area contributed by atoms with Gasteiger partial charge in [0.2, 0.25) is 15.9 Å². The molecule has 1 atom stereocenters. The molecular formula is C18H30N4O4S. The molecule has 0 spiro atoms. The lowest BCUT2D eigenvalue weighted by molar-refractivity contribution is -0.138. The smallest absolute Gasteiger partial charge is 0.248 e. The SMILES string of the molecule is Cc1noc(C)c1S(=O)(=O)N1CCCC(C(=O)N2CCN(C(C)C)CC2)C1. The van der Waals surface area contributed by atoms with E-state index in [1.807, 2.05) is 4.90 Å². The summed E-state index contributed by atoms with van der Waals surface area (Å²) in [4.78, 5) is 17.4. The largest absolute Gasteiger partial charge is 0.360 e. The molecule has 9 heteroatoms. The Hall–Kier alpha value is -1.45. The molecule has 2 aliphatic rings. The molecule has 0 aliphatic carbocycles. The summed E-state index contributed by atoms with van der Waals surface area (Å²) in [6, 6.07) is 0.479. The molecule has 3 rings (SSSR count). The van der Waals surface area contributed by atoms with Crippen molar-refractivity contribution in [2.24, 2.45) is 5.92 Å². The van der Waals surface area contributed by atoms with E-state index in [9.17, 15) is 13.2 Å². The molecule has 152 valence electrons. The van der Waals surface area contributed by atoms with Crippen molar-refractivity contribution in [3.05, 3.63) is 11.5 Å². The van der Waals surface area contributed by atoms with E-state index in [-0.39, 0.29) is 23.3 Å². The van der Waals surface area contributed by atoms with Crippen molar-refractivity contribution >= 4 is 15.9 Å². The van der Waals surface area contributed by atoms with Gasteiger partial charge in [-0.2, -0.15) is 4.31 Å². The third kappa shape index (κ3) is 4.05. The Morgan fingerprint density at radius 1 is 1.15 bits per heavy atom. The highest BCUT2D eigenvalue weighted by atomic mass is 32.2. The van der Waals surface area contributed by atoms with Gasteiger partial charge in [0.15, 0.2) is 5.76 Å². The molecule has 1 aromatic rings. The maximum Gasteiger partial charge on any atom is 0.248 e. The fraction of sp³-hybridized carbons (Fsp3) is 0.778. The second kappa shape index (κ2) is 7.89. The van der Waals surface area contributed by atoms with Crippen molar-refractivity contribution in [2.45, 2.75) is 51.5 Å². The van der Waals surface area contributed by atoms with Gasteiger partial charge in [0, 0.05) is 45.3 Å². The van der Waals surface area contributed by atoms with Crippen LogP contribution in [-0.4, -0.2) is 78.9 Å². The van der Waals surface area contributed by atoms with Crippen LogP contribution >= 0.6 is 0 Å². The molecule has 0 aromatic carbocycles. The molecule has 2 fully saturated rings. The number of piperidine rings is 1. The number of rotatable bonds is 4. The van der Waals surface area contributed by atoms with Gasteiger partial charge in [-0.25, -0.2) is 8.42 Å². The summed E-state index contributed by atoms with van der Waals surface area (Å²) < 4.78 is 32.6. The van der Waals surface area contributed by atoms with Crippen molar-refractivity contribution < 1.29 is 17.7 Å². The first kappa shape index (κ1) is 20.3. The second-order valence-electron chi connectivity index (χ2n) is 7.81. The van der Waals surface area contributed by atoms with Crippen molar-refractivity contribution in [1.29, 1.82) is 0 Å². The zero-order chi connectivity index (χ0) is 19.8. The molecule has 0 N–H and O–H groups in total. The maximum absolute atomic E-state index is 13.0. The van der Waals surface area contributed by atoms with Crippen LogP contribution in [0.1, 0.15) is 38.1 Å². The standard InChI is InChI=1S/C18H30N4O4S/c1-13(2)20-8-10-21(11-9-20)18(23)16-6-5-7-22(12-16)27(24,25)17-14(3)19-26-15(17)4/h13,16H,5-12H2,1-4H3. The van der Waals surface area contributed by atoms with Crippen molar-refractivity contribution in [1.82, 2.24) is 19.3 Å². The first-order valence-electron chi connectivity index (χ1n) is 9.67.